The molecule has 1 unspecified atom stereocenters. The third-order valence-corrected chi connectivity index (χ3v) is 6.59. The summed E-state index contributed by atoms with van der Waals surface area (Å²) in [5.41, 5.74) is 0. The maximum Gasteiger partial charge on any atom is 0.244 e. The molecule has 1 aromatic rings. The summed E-state index contributed by atoms with van der Waals surface area (Å²) in [5.74, 6) is -0.537. The fourth-order valence-corrected chi connectivity index (χ4v) is 5.24. The molecular weight excluding hydrogens is 360 g/mol. The molecule has 21 heavy (non-hydrogen) atoms. The second kappa shape index (κ2) is 7.01. The molecule has 0 radical (unpaired) electrons. The Hall–Kier alpha value is -0.0700. The highest BCUT2D eigenvalue weighted by Gasteiger charge is 2.35. The second-order valence-corrected chi connectivity index (χ2v) is 7.94. The van der Waals surface area contributed by atoms with Crippen molar-refractivity contribution in [2.75, 3.05) is 12.4 Å². The quantitative estimate of drug-likeness (QED) is 0.582. The zero-order valence-electron chi connectivity index (χ0n) is 11.2. The van der Waals surface area contributed by atoms with Gasteiger partial charge in [-0.05, 0) is 31.4 Å². The highest BCUT2D eigenvalue weighted by Crippen LogP contribution is 2.34. The summed E-state index contributed by atoms with van der Waals surface area (Å²) in [4.78, 5) is -0.243. The zero-order valence-corrected chi connectivity index (χ0v) is 14.2. The van der Waals surface area contributed by atoms with Crippen molar-refractivity contribution in [3.05, 3.63) is 28.0 Å². The van der Waals surface area contributed by atoms with Crippen molar-refractivity contribution in [2.45, 2.75) is 36.6 Å². The van der Waals surface area contributed by atoms with Gasteiger partial charge in [-0.15, -0.1) is 11.6 Å². The molecule has 1 saturated heterocycles. The van der Waals surface area contributed by atoms with Crippen LogP contribution in [0.1, 0.15) is 25.7 Å². The van der Waals surface area contributed by atoms with Crippen LogP contribution in [0.15, 0.2) is 17.0 Å². The number of rotatable bonds is 4. The Balaban J connectivity index is 2.43. The Morgan fingerprint density at radius 2 is 2.00 bits per heavy atom. The number of benzene rings is 1. The van der Waals surface area contributed by atoms with Crippen LogP contribution in [0.5, 0.6) is 0 Å². The van der Waals surface area contributed by atoms with E-state index in [4.69, 9.17) is 34.8 Å². The molecule has 1 aromatic carbocycles. The SMILES string of the molecule is O=S(=O)(c1ccc(Cl)c(F)c1Cl)N1CCCCC1CCCl. The number of alkyl halides is 1. The lowest BCUT2D eigenvalue weighted by Gasteiger charge is -2.34. The third kappa shape index (κ3) is 3.48. The molecule has 0 amide bonds. The first-order valence-corrected chi connectivity index (χ1v) is 9.34. The van der Waals surface area contributed by atoms with E-state index in [1.54, 1.807) is 0 Å². The number of piperidine rings is 1. The van der Waals surface area contributed by atoms with Crippen molar-refractivity contribution in [1.29, 1.82) is 0 Å². The largest absolute Gasteiger partial charge is 0.244 e. The molecule has 0 N–H and O–H groups in total. The third-order valence-electron chi connectivity index (χ3n) is 3.60. The van der Waals surface area contributed by atoms with Crippen molar-refractivity contribution >= 4 is 44.8 Å². The highest BCUT2D eigenvalue weighted by molar-refractivity contribution is 7.89. The zero-order chi connectivity index (χ0) is 15.6. The molecule has 8 heteroatoms. The predicted octanol–water partition coefficient (Wildman–Crippen LogP) is 4.30. The molecule has 0 aromatic heterocycles. The van der Waals surface area contributed by atoms with Gasteiger partial charge in [0, 0.05) is 18.5 Å². The van der Waals surface area contributed by atoms with Gasteiger partial charge < -0.3 is 0 Å². The van der Waals surface area contributed by atoms with E-state index in [1.807, 2.05) is 0 Å². The van der Waals surface area contributed by atoms with E-state index in [-0.39, 0.29) is 16.0 Å². The van der Waals surface area contributed by atoms with Gasteiger partial charge in [0.05, 0.1) is 10.0 Å². The standard InChI is InChI=1S/C13H15Cl3FNO2S/c14-7-6-9-3-1-2-8-18(9)21(19,20)11-5-4-10(15)13(17)12(11)16/h4-5,9H,1-3,6-8H2. The first-order valence-electron chi connectivity index (χ1n) is 6.61. The number of nitrogens with zero attached hydrogens (tertiary/aromatic N) is 1. The lowest BCUT2D eigenvalue weighted by molar-refractivity contribution is 0.247. The first kappa shape index (κ1) is 17.3. The van der Waals surface area contributed by atoms with E-state index in [0.29, 0.717) is 18.8 Å². The minimum absolute atomic E-state index is 0.170. The van der Waals surface area contributed by atoms with Gasteiger partial charge in [0.25, 0.3) is 0 Å². The fraction of sp³-hybridized carbons (Fsp3) is 0.538. The molecule has 0 saturated carbocycles. The molecule has 1 aliphatic heterocycles. The summed E-state index contributed by atoms with van der Waals surface area (Å²) >= 11 is 17.2. The summed E-state index contributed by atoms with van der Waals surface area (Å²) in [6.45, 7) is 0.393. The molecular formula is C13H15Cl3FNO2S. The molecule has 118 valence electrons. The molecule has 1 heterocycles. The van der Waals surface area contributed by atoms with Gasteiger partial charge in [-0.25, -0.2) is 12.8 Å². The van der Waals surface area contributed by atoms with E-state index in [1.165, 1.54) is 16.4 Å². The van der Waals surface area contributed by atoms with Gasteiger partial charge in [0.2, 0.25) is 10.0 Å². The number of sulfonamides is 1. The van der Waals surface area contributed by atoms with Crippen LogP contribution in [-0.4, -0.2) is 31.2 Å². The van der Waals surface area contributed by atoms with Crippen LogP contribution in [0.4, 0.5) is 4.39 Å². The van der Waals surface area contributed by atoms with Crippen molar-refractivity contribution in [3.8, 4) is 0 Å². The van der Waals surface area contributed by atoms with E-state index >= 15 is 0 Å². The van der Waals surface area contributed by atoms with Gasteiger partial charge >= 0.3 is 0 Å². The van der Waals surface area contributed by atoms with Gasteiger partial charge in [-0.3, -0.25) is 0 Å². The van der Waals surface area contributed by atoms with Crippen LogP contribution in [0.2, 0.25) is 10.0 Å². The van der Waals surface area contributed by atoms with Crippen molar-refractivity contribution < 1.29 is 12.8 Å². The normalized spacial score (nSPS) is 20.7. The van der Waals surface area contributed by atoms with Gasteiger partial charge in [-0.1, -0.05) is 29.6 Å². The lowest BCUT2D eigenvalue weighted by Crippen LogP contribution is -2.44. The monoisotopic (exact) mass is 373 g/mol. The van der Waals surface area contributed by atoms with Crippen LogP contribution in [0, 0.1) is 5.82 Å². The molecule has 0 aliphatic carbocycles. The first-order chi connectivity index (χ1) is 9.89. The average Bonchev–Trinajstić information content (AvgIpc) is 2.45. The smallest absolute Gasteiger partial charge is 0.207 e. The molecule has 1 fully saturated rings. The molecule has 1 atom stereocenters. The van der Waals surface area contributed by atoms with Crippen molar-refractivity contribution in [1.82, 2.24) is 4.31 Å². The highest BCUT2D eigenvalue weighted by atomic mass is 35.5. The van der Waals surface area contributed by atoms with Gasteiger partial charge in [0.15, 0.2) is 5.82 Å². The minimum Gasteiger partial charge on any atom is -0.207 e. The second-order valence-electron chi connectivity index (χ2n) is 4.92. The molecule has 0 bridgehead atoms. The minimum atomic E-state index is -3.86. The fourth-order valence-electron chi connectivity index (χ4n) is 2.54. The van der Waals surface area contributed by atoms with Crippen LogP contribution in [0.25, 0.3) is 0 Å². The summed E-state index contributed by atoms with van der Waals surface area (Å²) < 4.78 is 40.6. The average molecular weight is 375 g/mol. The number of hydrogen-bond acceptors (Lipinski definition) is 2. The summed E-state index contributed by atoms with van der Waals surface area (Å²) in [6, 6.07) is 2.28. The lowest BCUT2D eigenvalue weighted by atomic mass is 10.0. The van der Waals surface area contributed by atoms with Crippen molar-refractivity contribution in [2.24, 2.45) is 0 Å². The maximum atomic E-state index is 13.8. The predicted molar refractivity (Wildman–Crippen MR) is 83.3 cm³/mol. The summed E-state index contributed by atoms with van der Waals surface area (Å²) in [6.07, 6.45) is 3.04. The van der Waals surface area contributed by atoms with Crippen LogP contribution >= 0.6 is 34.8 Å². The molecule has 3 nitrogen and oxygen atoms in total. The van der Waals surface area contributed by atoms with E-state index in [2.05, 4.69) is 0 Å². The number of halogens is 4. The van der Waals surface area contributed by atoms with E-state index in [0.717, 1.165) is 19.3 Å². The van der Waals surface area contributed by atoms with E-state index < -0.39 is 20.9 Å². The van der Waals surface area contributed by atoms with Gasteiger partial charge in [0.1, 0.15) is 4.90 Å². The summed E-state index contributed by atoms with van der Waals surface area (Å²) in [7, 11) is -3.86. The Bertz CT molecular complexity index is 622. The van der Waals surface area contributed by atoms with Crippen LogP contribution < -0.4 is 0 Å². The Morgan fingerprint density at radius 1 is 1.29 bits per heavy atom. The Morgan fingerprint density at radius 3 is 2.67 bits per heavy atom. The van der Waals surface area contributed by atoms with Crippen LogP contribution in [0.3, 0.4) is 0 Å². The topological polar surface area (TPSA) is 37.4 Å². The van der Waals surface area contributed by atoms with Crippen molar-refractivity contribution in [3.63, 3.8) is 0 Å². The molecule has 1 aliphatic rings. The number of hydrogen-bond donors (Lipinski definition) is 0. The maximum absolute atomic E-state index is 13.8. The van der Waals surface area contributed by atoms with Crippen LogP contribution in [-0.2, 0) is 10.0 Å². The van der Waals surface area contributed by atoms with Gasteiger partial charge in [-0.2, -0.15) is 4.31 Å². The Kier molecular flexibility index (Phi) is 5.77. The molecule has 2 rings (SSSR count). The summed E-state index contributed by atoms with van der Waals surface area (Å²) in [5, 5.41) is -0.660. The molecule has 0 spiro atoms. The Labute approximate surface area is 139 Å². The van der Waals surface area contributed by atoms with E-state index in [9.17, 15) is 12.8 Å².